The van der Waals surface area contributed by atoms with Gasteiger partial charge in [-0.1, -0.05) is 45.9 Å². The van der Waals surface area contributed by atoms with Crippen LogP contribution in [0.4, 0.5) is 0 Å². The van der Waals surface area contributed by atoms with Crippen molar-refractivity contribution >= 4 is 10.9 Å². The minimum Gasteiger partial charge on any atom is -0.240 e. The van der Waals surface area contributed by atoms with Gasteiger partial charge in [-0.3, -0.25) is 0 Å². The molecule has 84 valence electrons. The number of benzene rings is 1. The van der Waals surface area contributed by atoms with Gasteiger partial charge in [0.2, 0.25) is 0 Å². The van der Waals surface area contributed by atoms with Gasteiger partial charge in [-0.2, -0.15) is 0 Å². The summed E-state index contributed by atoms with van der Waals surface area (Å²) in [7, 11) is 0. The molecule has 0 saturated carbocycles. The zero-order valence-corrected chi connectivity index (χ0v) is 10.4. The van der Waals surface area contributed by atoms with Crippen LogP contribution in [0.3, 0.4) is 0 Å². The van der Waals surface area contributed by atoms with Crippen LogP contribution in [0.15, 0.2) is 24.5 Å². The second-order valence-electron chi connectivity index (χ2n) is 4.81. The van der Waals surface area contributed by atoms with Gasteiger partial charge in [0.1, 0.15) is 6.33 Å². The summed E-state index contributed by atoms with van der Waals surface area (Å²) in [4.78, 5) is 8.83. The van der Waals surface area contributed by atoms with Gasteiger partial charge in [-0.25, -0.2) is 9.97 Å². The monoisotopic (exact) mass is 214 g/mol. The molecule has 16 heavy (non-hydrogen) atoms. The van der Waals surface area contributed by atoms with Crippen LogP contribution in [0.1, 0.15) is 50.8 Å². The van der Waals surface area contributed by atoms with Crippen LogP contribution in [-0.2, 0) is 0 Å². The van der Waals surface area contributed by atoms with E-state index in [1.54, 1.807) is 6.33 Å². The topological polar surface area (TPSA) is 25.8 Å². The van der Waals surface area contributed by atoms with Crippen LogP contribution < -0.4 is 0 Å². The molecule has 1 aromatic heterocycles. The van der Waals surface area contributed by atoms with Crippen LogP contribution in [0, 0.1) is 0 Å². The van der Waals surface area contributed by atoms with E-state index in [4.69, 9.17) is 0 Å². The largest absolute Gasteiger partial charge is 0.240 e. The van der Waals surface area contributed by atoms with E-state index in [2.05, 4.69) is 55.9 Å². The van der Waals surface area contributed by atoms with Crippen LogP contribution in [0.2, 0.25) is 0 Å². The average molecular weight is 214 g/mol. The molecule has 0 unspecified atom stereocenters. The fourth-order valence-electron chi connectivity index (χ4n) is 2.06. The minimum absolute atomic E-state index is 0.438. The maximum atomic E-state index is 4.43. The van der Waals surface area contributed by atoms with E-state index in [-0.39, 0.29) is 0 Å². The minimum atomic E-state index is 0.438. The number of hydrogen-bond acceptors (Lipinski definition) is 2. The summed E-state index contributed by atoms with van der Waals surface area (Å²) < 4.78 is 0. The zero-order valence-electron chi connectivity index (χ0n) is 10.4. The normalized spacial score (nSPS) is 11.6. The van der Waals surface area contributed by atoms with E-state index < -0.39 is 0 Å². The summed E-state index contributed by atoms with van der Waals surface area (Å²) >= 11 is 0. The highest BCUT2D eigenvalue weighted by Gasteiger charge is 2.11. The van der Waals surface area contributed by atoms with Crippen molar-refractivity contribution in [1.82, 2.24) is 9.97 Å². The first-order chi connectivity index (χ1) is 7.61. The first kappa shape index (κ1) is 11.1. The van der Waals surface area contributed by atoms with E-state index >= 15 is 0 Å². The maximum absolute atomic E-state index is 4.43. The highest BCUT2D eigenvalue weighted by molar-refractivity contribution is 5.84. The maximum Gasteiger partial charge on any atom is 0.116 e. The predicted molar refractivity (Wildman–Crippen MR) is 67.7 cm³/mol. The predicted octanol–water partition coefficient (Wildman–Crippen LogP) is 3.88. The highest BCUT2D eigenvalue weighted by atomic mass is 14.8. The fourth-order valence-corrected chi connectivity index (χ4v) is 2.06. The van der Waals surface area contributed by atoms with Crippen LogP contribution >= 0.6 is 0 Å². The third kappa shape index (κ3) is 1.80. The SMILES string of the molecule is CC(C)c1ncnc2c(C(C)C)cccc12. The van der Waals surface area contributed by atoms with Crippen LogP contribution in [0.5, 0.6) is 0 Å². The van der Waals surface area contributed by atoms with Gasteiger partial charge in [0.15, 0.2) is 0 Å². The van der Waals surface area contributed by atoms with Crippen molar-refractivity contribution in [3.63, 3.8) is 0 Å². The Labute approximate surface area is 96.7 Å². The summed E-state index contributed by atoms with van der Waals surface area (Å²) in [6, 6.07) is 6.38. The molecule has 0 radical (unpaired) electrons. The van der Waals surface area contributed by atoms with Crippen molar-refractivity contribution in [3.8, 4) is 0 Å². The lowest BCUT2D eigenvalue weighted by atomic mass is 9.97. The Morgan fingerprint density at radius 1 is 0.938 bits per heavy atom. The van der Waals surface area contributed by atoms with Crippen LogP contribution in [0.25, 0.3) is 10.9 Å². The van der Waals surface area contributed by atoms with E-state index in [0.29, 0.717) is 11.8 Å². The van der Waals surface area contributed by atoms with E-state index in [1.807, 2.05) is 0 Å². The van der Waals surface area contributed by atoms with Gasteiger partial charge in [-0.05, 0) is 17.4 Å². The molecule has 0 aliphatic carbocycles. The Bertz CT molecular complexity index is 454. The summed E-state index contributed by atoms with van der Waals surface area (Å²) in [6.07, 6.45) is 1.68. The molecule has 2 nitrogen and oxygen atoms in total. The van der Waals surface area contributed by atoms with Crippen molar-refractivity contribution in [3.05, 3.63) is 35.8 Å². The van der Waals surface area contributed by atoms with Crippen molar-refractivity contribution in [2.24, 2.45) is 0 Å². The summed E-state index contributed by atoms with van der Waals surface area (Å²) in [5, 5.41) is 1.20. The third-order valence-corrected chi connectivity index (χ3v) is 2.90. The van der Waals surface area contributed by atoms with Gasteiger partial charge >= 0.3 is 0 Å². The van der Waals surface area contributed by atoms with Crippen molar-refractivity contribution < 1.29 is 0 Å². The Kier molecular flexibility index (Phi) is 2.90. The van der Waals surface area contributed by atoms with Crippen LogP contribution in [-0.4, -0.2) is 9.97 Å². The second kappa shape index (κ2) is 4.20. The van der Waals surface area contributed by atoms with E-state index in [9.17, 15) is 0 Å². The van der Waals surface area contributed by atoms with Gasteiger partial charge < -0.3 is 0 Å². The molecule has 0 amide bonds. The molecule has 1 heterocycles. The lowest BCUT2D eigenvalue weighted by Crippen LogP contribution is -1.99. The standard InChI is InChI=1S/C14H18N2/c1-9(2)11-6-5-7-12-13(10(3)4)15-8-16-14(11)12/h5-10H,1-4H3. The second-order valence-corrected chi connectivity index (χ2v) is 4.81. The molecule has 0 spiro atoms. The van der Waals surface area contributed by atoms with Gasteiger partial charge in [0, 0.05) is 5.39 Å². The molecule has 0 N–H and O–H groups in total. The highest BCUT2D eigenvalue weighted by Crippen LogP contribution is 2.27. The number of nitrogens with zero attached hydrogens (tertiary/aromatic N) is 2. The Hall–Kier alpha value is -1.44. The molecular formula is C14H18N2. The summed E-state index contributed by atoms with van der Waals surface area (Å²) in [5.74, 6) is 0.937. The van der Waals surface area contributed by atoms with E-state index in [1.165, 1.54) is 10.9 Å². The molecule has 0 saturated heterocycles. The molecule has 0 aliphatic heterocycles. The fraction of sp³-hybridized carbons (Fsp3) is 0.429. The van der Waals surface area contributed by atoms with Gasteiger partial charge in [-0.15, -0.1) is 0 Å². The lowest BCUT2D eigenvalue weighted by molar-refractivity contribution is 0.824. The number of fused-ring (bicyclic) bond motifs is 1. The molecule has 2 aromatic rings. The molecule has 2 rings (SSSR count). The molecule has 1 aromatic carbocycles. The first-order valence-electron chi connectivity index (χ1n) is 5.84. The van der Waals surface area contributed by atoms with E-state index in [0.717, 1.165) is 11.2 Å². The Balaban J connectivity index is 2.76. The third-order valence-electron chi connectivity index (χ3n) is 2.90. The number of aromatic nitrogens is 2. The lowest BCUT2D eigenvalue weighted by Gasteiger charge is -2.12. The number of para-hydroxylation sites is 1. The molecule has 0 atom stereocenters. The Morgan fingerprint density at radius 3 is 2.31 bits per heavy atom. The average Bonchev–Trinajstić information content (AvgIpc) is 2.27. The Morgan fingerprint density at radius 2 is 1.69 bits per heavy atom. The summed E-state index contributed by atoms with van der Waals surface area (Å²) in [5.41, 5.74) is 3.56. The smallest absolute Gasteiger partial charge is 0.116 e. The van der Waals surface area contributed by atoms with Gasteiger partial charge in [0.25, 0.3) is 0 Å². The molecular weight excluding hydrogens is 196 g/mol. The van der Waals surface area contributed by atoms with Crippen molar-refractivity contribution in [2.75, 3.05) is 0 Å². The number of hydrogen-bond donors (Lipinski definition) is 0. The molecule has 0 bridgehead atoms. The van der Waals surface area contributed by atoms with Crippen molar-refractivity contribution in [2.45, 2.75) is 39.5 Å². The molecule has 0 fully saturated rings. The quantitative estimate of drug-likeness (QED) is 0.758. The summed E-state index contributed by atoms with van der Waals surface area (Å²) in [6.45, 7) is 8.74. The first-order valence-corrected chi connectivity index (χ1v) is 5.84. The molecule has 0 aliphatic rings. The number of rotatable bonds is 2. The zero-order chi connectivity index (χ0) is 11.7. The van der Waals surface area contributed by atoms with Crippen molar-refractivity contribution in [1.29, 1.82) is 0 Å². The van der Waals surface area contributed by atoms with Gasteiger partial charge in [0.05, 0.1) is 11.2 Å². The molecule has 2 heteroatoms.